The van der Waals surface area contributed by atoms with Gasteiger partial charge in [0, 0.05) is 16.2 Å². The Bertz CT molecular complexity index is 841. The summed E-state index contributed by atoms with van der Waals surface area (Å²) in [6, 6.07) is 27.6. The summed E-state index contributed by atoms with van der Waals surface area (Å²) in [5, 5.41) is 1.43. The van der Waals surface area contributed by atoms with Crippen molar-refractivity contribution in [1.29, 1.82) is 0 Å². The Labute approximate surface area is 141 Å². The third-order valence-electron chi connectivity index (χ3n) is 3.77. The molecule has 118 valence electrons. The molecule has 3 aromatic carbocycles. The Hall–Kier alpha value is -2.70. The lowest BCUT2D eigenvalue weighted by Gasteiger charge is -2.15. The first kappa shape index (κ1) is 16.2. The summed E-state index contributed by atoms with van der Waals surface area (Å²) in [6.45, 7) is 0. The largest absolute Gasteiger partial charge is 0.309 e. The number of allylic oxidation sites excluding steroid dienone is 1. The number of carbonyl (C=O) groups is 1. The second-order valence-electron chi connectivity index (χ2n) is 5.38. The van der Waals surface area contributed by atoms with Gasteiger partial charge in [-0.3, -0.25) is 4.79 Å². The van der Waals surface area contributed by atoms with Crippen LogP contribution in [0.5, 0.6) is 0 Å². The first-order valence-corrected chi connectivity index (χ1v) is 9.47. The van der Waals surface area contributed by atoms with Crippen molar-refractivity contribution in [3.8, 4) is 0 Å². The van der Waals surface area contributed by atoms with Gasteiger partial charge in [-0.1, -0.05) is 91.0 Å². The molecule has 0 saturated heterocycles. The highest BCUT2D eigenvalue weighted by atomic mass is 31.2. The molecule has 0 saturated carbocycles. The molecule has 3 aromatic rings. The number of hydrogen-bond donors (Lipinski definition) is 0. The molecule has 2 nitrogen and oxygen atoms in total. The Morgan fingerprint density at radius 3 is 1.54 bits per heavy atom. The quantitative estimate of drug-likeness (QED) is 0.394. The summed E-state index contributed by atoms with van der Waals surface area (Å²) >= 11 is 0. The van der Waals surface area contributed by atoms with Crippen LogP contribution < -0.4 is 10.6 Å². The van der Waals surface area contributed by atoms with Gasteiger partial charge in [0.1, 0.15) is 0 Å². The van der Waals surface area contributed by atoms with E-state index in [1.165, 1.54) is 6.08 Å². The number of hydrogen-bond acceptors (Lipinski definition) is 2. The van der Waals surface area contributed by atoms with E-state index in [-0.39, 0.29) is 5.78 Å². The average Bonchev–Trinajstić information content (AvgIpc) is 2.68. The van der Waals surface area contributed by atoms with Crippen molar-refractivity contribution < 1.29 is 9.36 Å². The number of rotatable bonds is 5. The van der Waals surface area contributed by atoms with E-state index in [1.807, 2.05) is 78.9 Å². The van der Waals surface area contributed by atoms with Crippen LogP contribution in [-0.4, -0.2) is 5.78 Å². The summed E-state index contributed by atoms with van der Waals surface area (Å²) in [4.78, 5) is 12.3. The van der Waals surface area contributed by atoms with Crippen molar-refractivity contribution in [2.24, 2.45) is 0 Å². The Kier molecular flexibility index (Phi) is 4.88. The first-order valence-electron chi connectivity index (χ1n) is 7.70. The molecule has 0 aromatic heterocycles. The molecule has 0 aliphatic rings. The third-order valence-corrected chi connectivity index (χ3v) is 6.47. The minimum absolute atomic E-state index is 0.150. The highest BCUT2D eigenvalue weighted by Crippen LogP contribution is 2.44. The van der Waals surface area contributed by atoms with Crippen LogP contribution in [0.1, 0.15) is 10.4 Å². The van der Waals surface area contributed by atoms with Crippen LogP contribution in [0.3, 0.4) is 0 Å². The molecule has 0 amide bonds. The second kappa shape index (κ2) is 7.25. The van der Waals surface area contributed by atoms with Gasteiger partial charge in [0.05, 0.1) is 0 Å². The molecule has 0 atom stereocenters. The molecule has 0 aliphatic heterocycles. The lowest BCUT2D eigenvalue weighted by molar-refractivity contribution is 0.104. The van der Waals surface area contributed by atoms with Crippen LogP contribution in [0.4, 0.5) is 0 Å². The van der Waals surface area contributed by atoms with E-state index >= 15 is 0 Å². The molecule has 0 spiro atoms. The predicted molar refractivity (Wildman–Crippen MR) is 99.7 cm³/mol. The fourth-order valence-electron chi connectivity index (χ4n) is 2.49. The van der Waals surface area contributed by atoms with Crippen molar-refractivity contribution in [2.75, 3.05) is 0 Å². The van der Waals surface area contributed by atoms with E-state index in [4.69, 9.17) is 0 Å². The van der Waals surface area contributed by atoms with Gasteiger partial charge in [-0.05, 0) is 11.9 Å². The maximum Gasteiger partial charge on any atom is 0.185 e. The van der Waals surface area contributed by atoms with Gasteiger partial charge < -0.3 is 4.57 Å². The van der Waals surface area contributed by atoms with E-state index in [9.17, 15) is 9.36 Å². The molecule has 0 bridgehead atoms. The maximum atomic E-state index is 13.7. The summed E-state index contributed by atoms with van der Waals surface area (Å²) in [5.41, 5.74) is 0.585. The predicted octanol–water partition coefficient (Wildman–Crippen LogP) is 4.40. The van der Waals surface area contributed by atoms with Crippen molar-refractivity contribution in [3.05, 3.63) is 108 Å². The fourth-order valence-corrected chi connectivity index (χ4v) is 4.71. The smallest absolute Gasteiger partial charge is 0.185 e. The van der Waals surface area contributed by atoms with Gasteiger partial charge in [0.15, 0.2) is 12.9 Å². The van der Waals surface area contributed by atoms with Gasteiger partial charge >= 0.3 is 0 Å². The van der Waals surface area contributed by atoms with Crippen LogP contribution in [0.15, 0.2) is 103 Å². The van der Waals surface area contributed by atoms with Crippen LogP contribution in [0.25, 0.3) is 0 Å². The van der Waals surface area contributed by atoms with Crippen LogP contribution in [0.2, 0.25) is 0 Å². The number of ketones is 1. The molecule has 0 heterocycles. The molecule has 0 aliphatic carbocycles. The van der Waals surface area contributed by atoms with Gasteiger partial charge in [-0.25, -0.2) is 0 Å². The van der Waals surface area contributed by atoms with E-state index < -0.39 is 7.14 Å². The Balaban J connectivity index is 2.02. The standard InChI is InChI=1S/C21H17O2P/c22-21(18-10-4-1-5-11-18)16-17-24(23,19-12-6-2-7-13-19)20-14-8-3-9-15-20/h1-17H. The molecule has 3 rings (SSSR count). The third kappa shape index (κ3) is 3.45. The summed E-state index contributed by atoms with van der Waals surface area (Å²) in [6.07, 6.45) is 1.43. The molecule has 0 radical (unpaired) electrons. The van der Waals surface area contributed by atoms with E-state index in [0.717, 1.165) is 0 Å². The molecular weight excluding hydrogens is 315 g/mol. The monoisotopic (exact) mass is 332 g/mol. The molecule has 0 fully saturated rings. The van der Waals surface area contributed by atoms with Crippen molar-refractivity contribution in [3.63, 3.8) is 0 Å². The van der Waals surface area contributed by atoms with E-state index in [1.54, 1.807) is 17.9 Å². The van der Waals surface area contributed by atoms with Crippen LogP contribution >= 0.6 is 7.14 Å². The average molecular weight is 332 g/mol. The van der Waals surface area contributed by atoms with Gasteiger partial charge in [0.2, 0.25) is 0 Å². The van der Waals surface area contributed by atoms with Crippen molar-refractivity contribution in [1.82, 2.24) is 0 Å². The molecule has 0 unspecified atom stereocenters. The number of benzene rings is 3. The van der Waals surface area contributed by atoms with Crippen LogP contribution in [-0.2, 0) is 4.57 Å². The van der Waals surface area contributed by atoms with Crippen LogP contribution in [0, 0.1) is 0 Å². The summed E-state index contributed by atoms with van der Waals surface area (Å²) in [7, 11) is -3.00. The topological polar surface area (TPSA) is 34.1 Å². The second-order valence-corrected chi connectivity index (χ2v) is 8.02. The fraction of sp³-hybridized carbons (Fsp3) is 0. The Morgan fingerprint density at radius 2 is 1.08 bits per heavy atom. The lowest BCUT2D eigenvalue weighted by Crippen LogP contribution is -2.14. The van der Waals surface area contributed by atoms with E-state index in [2.05, 4.69) is 0 Å². The Morgan fingerprint density at radius 1 is 0.667 bits per heavy atom. The van der Waals surface area contributed by atoms with Gasteiger partial charge in [0.25, 0.3) is 0 Å². The highest BCUT2D eigenvalue weighted by molar-refractivity contribution is 7.81. The minimum atomic E-state index is -3.00. The maximum absolute atomic E-state index is 13.7. The summed E-state index contributed by atoms with van der Waals surface area (Å²) in [5.74, 6) is 1.41. The zero-order chi connectivity index (χ0) is 16.8. The van der Waals surface area contributed by atoms with Gasteiger partial charge in [-0.15, -0.1) is 0 Å². The zero-order valence-corrected chi connectivity index (χ0v) is 14.0. The zero-order valence-electron chi connectivity index (χ0n) is 13.1. The lowest BCUT2D eigenvalue weighted by atomic mass is 10.1. The first-order chi connectivity index (χ1) is 11.7. The SMILES string of the molecule is O=C(C=CP(=O)(c1ccccc1)c1ccccc1)c1ccccc1. The molecule has 0 N–H and O–H groups in total. The van der Waals surface area contributed by atoms with Crippen molar-refractivity contribution >= 4 is 23.5 Å². The molecule has 3 heteroatoms. The van der Waals surface area contributed by atoms with E-state index in [0.29, 0.717) is 16.2 Å². The molecular formula is C21H17O2P. The van der Waals surface area contributed by atoms with Crippen molar-refractivity contribution in [2.45, 2.75) is 0 Å². The normalized spacial score (nSPS) is 11.5. The highest BCUT2D eigenvalue weighted by Gasteiger charge is 2.24. The summed E-state index contributed by atoms with van der Waals surface area (Å²) < 4.78 is 13.7. The number of carbonyl (C=O) groups excluding carboxylic acids is 1. The molecule has 24 heavy (non-hydrogen) atoms. The van der Waals surface area contributed by atoms with Gasteiger partial charge in [-0.2, -0.15) is 0 Å². The minimum Gasteiger partial charge on any atom is -0.309 e.